The van der Waals surface area contributed by atoms with Crippen LogP contribution in [0.2, 0.25) is 0 Å². The summed E-state index contributed by atoms with van der Waals surface area (Å²) in [6.07, 6.45) is 0. The molecule has 0 bridgehead atoms. The zero-order valence-electron chi connectivity index (χ0n) is 9.55. The number of carbonyl (C=O) groups is 1. The molecule has 4 nitrogen and oxygen atoms in total. The number of hydrogen-bond donors (Lipinski definition) is 1. The Labute approximate surface area is 97.5 Å². The molecule has 0 aromatic heterocycles. The van der Waals surface area contributed by atoms with Crippen LogP contribution in [-0.4, -0.2) is 26.2 Å². The van der Waals surface area contributed by atoms with Gasteiger partial charge >= 0.3 is 0 Å². The Bertz CT molecular complexity index is 410. The van der Waals surface area contributed by atoms with Gasteiger partial charge in [0.1, 0.15) is 17.2 Å². The molecule has 17 heavy (non-hydrogen) atoms. The highest BCUT2D eigenvalue weighted by atomic mass is 19.1. The molecule has 0 saturated heterocycles. The summed E-state index contributed by atoms with van der Waals surface area (Å²) in [4.78, 5) is 16.1. The van der Waals surface area contributed by atoms with E-state index < -0.39 is 23.1 Å². The molecule has 0 radical (unpaired) electrons. The third kappa shape index (κ3) is 3.47. The van der Waals surface area contributed by atoms with Crippen molar-refractivity contribution in [2.24, 2.45) is 0 Å². The molecule has 0 spiro atoms. The largest absolute Gasteiger partial charge is 0.382 e. The minimum atomic E-state index is -0.959. The first-order valence-electron chi connectivity index (χ1n) is 4.93. The monoisotopic (exact) mass is 245 g/mol. The Hall–Kier alpha value is -1.53. The van der Waals surface area contributed by atoms with Crippen LogP contribution in [0, 0.1) is 18.6 Å². The lowest BCUT2D eigenvalue weighted by Crippen LogP contribution is -2.27. The summed E-state index contributed by atoms with van der Waals surface area (Å²) in [5, 5.41) is 0. The van der Waals surface area contributed by atoms with Crippen LogP contribution in [0.1, 0.15) is 15.9 Å². The van der Waals surface area contributed by atoms with Gasteiger partial charge in [-0.25, -0.2) is 14.3 Å². The fourth-order valence-corrected chi connectivity index (χ4v) is 1.16. The van der Waals surface area contributed by atoms with Crippen LogP contribution in [0.3, 0.4) is 0 Å². The Balaban J connectivity index is 2.72. The van der Waals surface area contributed by atoms with Crippen molar-refractivity contribution in [1.82, 2.24) is 5.48 Å². The van der Waals surface area contributed by atoms with E-state index in [-0.39, 0.29) is 18.8 Å². The molecule has 0 fully saturated rings. The molecule has 1 N–H and O–H groups in total. The van der Waals surface area contributed by atoms with Gasteiger partial charge in [0.05, 0.1) is 13.2 Å². The zero-order valence-corrected chi connectivity index (χ0v) is 9.55. The maximum Gasteiger partial charge on any atom is 0.280 e. The van der Waals surface area contributed by atoms with Gasteiger partial charge in [0.2, 0.25) is 0 Å². The number of methoxy groups -OCH3 is 1. The number of ether oxygens (including phenoxy) is 1. The lowest BCUT2D eigenvalue weighted by atomic mass is 10.1. The molecule has 6 heteroatoms. The zero-order chi connectivity index (χ0) is 12.8. The second-order valence-electron chi connectivity index (χ2n) is 3.33. The molecule has 0 heterocycles. The van der Waals surface area contributed by atoms with Crippen LogP contribution in [0.4, 0.5) is 8.78 Å². The molecule has 0 saturated carbocycles. The summed E-state index contributed by atoms with van der Waals surface area (Å²) in [7, 11) is 1.46. The fourth-order valence-electron chi connectivity index (χ4n) is 1.16. The third-order valence-electron chi connectivity index (χ3n) is 2.07. The second kappa shape index (κ2) is 6.27. The molecule has 1 aromatic rings. The summed E-state index contributed by atoms with van der Waals surface area (Å²) in [6.45, 7) is 1.80. The molecule has 0 aliphatic rings. The van der Waals surface area contributed by atoms with E-state index in [1.165, 1.54) is 20.1 Å². The number of carbonyl (C=O) groups excluding carboxylic acids is 1. The first-order valence-corrected chi connectivity index (χ1v) is 4.93. The van der Waals surface area contributed by atoms with Gasteiger partial charge < -0.3 is 4.74 Å². The number of rotatable bonds is 5. The van der Waals surface area contributed by atoms with E-state index in [1.807, 2.05) is 5.48 Å². The van der Waals surface area contributed by atoms with E-state index in [9.17, 15) is 13.6 Å². The topological polar surface area (TPSA) is 47.6 Å². The molecule has 1 aromatic carbocycles. The number of amides is 1. The van der Waals surface area contributed by atoms with Crippen LogP contribution in [0.25, 0.3) is 0 Å². The maximum atomic E-state index is 13.5. The molecule has 0 atom stereocenters. The second-order valence-corrected chi connectivity index (χ2v) is 3.33. The summed E-state index contributed by atoms with van der Waals surface area (Å²) in [6, 6.07) is 2.29. The minimum Gasteiger partial charge on any atom is -0.382 e. The lowest BCUT2D eigenvalue weighted by Gasteiger charge is -2.08. The molecule has 0 aliphatic heterocycles. The maximum absolute atomic E-state index is 13.5. The van der Waals surface area contributed by atoms with Gasteiger partial charge in [0.25, 0.3) is 5.91 Å². The average molecular weight is 245 g/mol. The normalized spacial score (nSPS) is 10.4. The van der Waals surface area contributed by atoms with E-state index in [1.54, 1.807) is 0 Å². The van der Waals surface area contributed by atoms with E-state index in [0.29, 0.717) is 0 Å². The number of benzene rings is 1. The number of hydrogen-bond acceptors (Lipinski definition) is 3. The van der Waals surface area contributed by atoms with Crippen LogP contribution in [0.15, 0.2) is 12.1 Å². The summed E-state index contributed by atoms with van der Waals surface area (Å²) >= 11 is 0. The van der Waals surface area contributed by atoms with Gasteiger partial charge in [-0.3, -0.25) is 9.63 Å². The smallest absolute Gasteiger partial charge is 0.280 e. The third-order valence-corrected chi connectivity index (χ3v) is 2.07. The first kappa shape index (κ1) is 13.5. The van der Waals surface area contributed by atoms with Gasteiger partial charge in [-0.05, 0) is 18.6 Å². The molecule has 1 rings (SSSR count). The minimum absolute atomic E-state index is 0.0945. The first-order chi connectivity index (χ1) is 8.07. The van der Waals surface area contributed by atoms with Crippen LogP contribution >= 0.6 is 0 Å². The Kier molecular flexibility index (Phi) is 4.99. The van der Waals surface area contributed by atoms with E-state index >= 15 is 0 Å². The van der Waals surface area contributed by atoms with Crippen molar-refractivity contribution in [3.63, 3.8) is 0 Å². The van der Waals surface area contributed by atoms with Crippen molar-refractivity contribution in [1.29, 1.82) is 0 Å². The van der Waals surface area contributed by atoms with E-state index in [4.69, 9.17) is 0 Å². The van der Waals surface area contributed by atoms with Crippen LogP contribution in [-0.2, 0) is 9.57 Å². The Morgan fingerprint density at radius 1 is 1.35 bits per heavy atom. The Morgan fingerprint density at radius 3 is 2.71 bits per heavy atom. The molecule has 94 valence electrons. The SMILES string of the molecule is COCCONC(=O)c1c(F)ccc(C)c1F. The highest BCUT2D eigenvalue weighted by molar-refractivity contribution is 5.94. The highest BCUT2D eigenvalue weighted by Gasteiger charge is 2.18. The van der Waals surface area contributed by atoms with Crippen LogP contribution in [0.5, 0.6) is 0 Å². The molecular formula is C11H13F2NO3. The standard InChI is InChI=1S/C11H13F2NO3/c1-7-3-4-8(12)9(10(7)13)11(15)14-17-6-5-16-2/h3-4H,5-6H2,1-2H3,(H,14,15). The summed E-state index contributed by atoms with van der Waals surface area (Å²) in [5.74, 6) is -2.78. The summed E-state index contributed by atoms with van der Waals surface area (Å²) < 4.78 is 31.5. The van der Waals surface area contributed by atoms with Crippen molar-refractivity contribution < 1.29 is 23.1 Å². The van der Waals surface area contributed by atoms with E-state index in [2.05, 4.69) is 9.57 Å². The van der Waals surface area contributed by atoms with Crippen molar-refractivity contribution in [2.45, 2.75) is 6.92 Å². The average Bonchev–Trinajstić information content (AvgIpc) is 2.30. The quantitative estimate of drug-likeness (QED) is 0.633. The predicted octanol–water partition coefficient (Wildman–Crippen LogP) is 1.58. The molecule has 1 amide bonds. The molecule has 0 aliphatic carbocycles. The number of nitrogens with one attached hydrogen (secondary N) is 1. The highest BCUT2D eigenvalue weighted by Crippen LogP contribution is 2.15. The predicted molar refractivity (Wildman–Crippen MR) is 56.4 cm³/mol. The molecular weight excluding hydrogens is 232 g/mol. The van der Waals surface area contributed by atoms with Gasteiger partial charge in [0.15, 0.2) is 0 Å². The van der Waals surface area contributed by atoms with Gasteiger partial charge in [0, 0.05) is 7.11 Å². The fraction of sp³-hybridized carbons (Fsp3) is 0.364. The lowest BCUT2D eigenvalue weighted by molar-refractivity contribution is 0.00839. The van der Waals surface area contributed by atoms with Crippen molar-refractivity contribution >= 4 is 5.91 Å². The number of halogens is 2. The van der Waals surface area contributed by atoms with Crippen molar-refractivity contribution in [3.8, 4) is 0 Å². The van der Waals surface area contributed by atoms with Gasteiger partial charge in [-0.2, -0.15) is 0 Å². The van der Waals surface area contributed by atoms with Gasteiger partial charge in [-0.1, -0.05) is 6.07 Å². The van der Waals surface area contributed by atoms with E-state index in [0.717, 1.165) is 6.07 Å². The summed E-state index contributed by atoms with van der Waals surface area (Å²) in [5.41, 5.74) is 1.48. The number of hydroxylamine groups is 1. The van der Waals surface area contributed by atoms with Gasteiger partial charge in [-0.15, -0.1) is 0 Å². The Morgan fingerprint density at radius 2 is 2.06 bits per heavy atom. The van der Waals surface area contributed by atoms with Crippen molar-refractivity contribution in [3.05, 3.63) is 34.9 Å². The van der Waals surface area contributed by atoms with Crippen molar-refractivity contribution in [2.75, 3.05) is 20.3 Å². The van der Waals surface area contributed by atoms with Crippen LogP contribution < -0.4 is 5.48 Å². The molecule has 0 unspecified atom stereocenters. The number of aryl methyl sites for hydroxylation is 1.